The summed E-state index contributed by atoms with van der Waals surface area (Å²) >= 11 is 0. The number of hydrogen-bond acceptors (Lipinski definition) is 2. The third kappa shape index (κ3) is 2.32. The van der Waals surface area contributed by atoms with Crippen LogP contribution < -0.4 is 18.1 Å². The third-order valence-corrected chi connectivity index (χ3v) is 5.14. The molecule has 4 saturated carbocycles. The Labute approximate surface area is 109 Å². The fourth-order valence-corrected chi connectivity index (χ4v) is 5.09. The van der Waals surface area contributed by atoms with Crippen LogP contribution in [-0.4, -0.2) is 17.1 Å². The third-order valence-electron chi connectivity index (χ3n) is 5.14. The lowest BCUT2D eigenvalue weighted by Crippen LogP contribution is -3.00. The van der Waals surface area contributed by atoms with Crippen LogP contribution in [0.25, 0.3) is 0 Å². The van der Waals surface area contributed by atoms with Crippen LogP contribution in [0, 0.1) is 23.2 Å². The molecule has 0 saturated heterocycles. The lowest BCUT2D eigenvalue weighted by Gasteiger charge is -2.57. The van der Waals surface area contributed by atoms with E-state index in [1.165, 1.54) is 38.5 Å². The van der Waals surface area contributed by atoms with Gasteiger partial charge in [-0.05, 0) is 68.1 Å². The van der Waals surface area contributed by atoms with E-state index in [1.807, 2.05) is 0 Å². The van der Waals surface area contributed by atoms with Gasteiger partial charge in [0.05, 0.1) is 0 Å². The van der Waals surface area contributed by atoms with Crippen LogP contribution in [0.1, 0.15) is 44.9 Å². The zero-order valence-electron chi connectivity index (χ0n) is 10.1. The maximum atomic E-state index is 10.9. The van der Waals surface area contributed by atoms with E-state index in [1.54, 1.807) is 0 Å². The Morgan fingerprint density at radius 2 is 1.59 bits per heavy atom. The van der Waals surface area contributed by atoms with Crippen LogP contribution in [0.4, 0.5) is 0 Å². The number of carboxylic acids is 1. The monoisotopic (exact) mass is 258 g/mol. The molecule has 0 radical (unpaired) electrons. The lowest BCUT2D eigenvalue weighted by atomic mass is 9.48. The maximum Gasteiger partial charge on any atom is 0.320 e. The van der Waals surface area contributed by atoms with Crippen molar-refractivity contribution < 1.29 is 22.3 Å². The van der Waals surface area contributed by atoms with Crippen molar-refractivity contribution in [1.82, 2.24) is 0 Å². The molecular formula is C13H21ClNO2-. The van der Waals surface area contributed by atoms with Crippen molar-refractivity contribution >= 4 is 5.97 Å². The molecule has 0 spiro atoms. The van der Waals surface area contributed by atoms with E-state index < -0.39 is 12.0 Å². The maximum absolute atomic E-state index is 10.9. The van der Waals surface area contributed by atoms with E-state index >= 15 is 0 Å². The SMILES string of the molecule is NC(CC12CC3CC(CC(C3)C1)C2)C(=O)O.[Cl-]. The van der Waals surface area contributed by atoms with E-state index in [0.717, 1.165) is 17.8 Å². The Kier molecular flexibility index (Phi) is 3.43. The molecule has 3 N–H and O–H groups in total. The van der Waals surface area contributed by atoms with Crippen LogP contribution in [0.5, 0.6) is 0 Å². The average molecular weight is 259 g/mol. The summed E-state index contributed by atoms with van der Waals surface area (Å²) in [5.41, 5.74) is 6.04. The van der Waals surface area contributed by atoms with Gasteiger partial charge in [0.1, 0.15) is 6.04 Å². The normalized spacial score (nSPS) is 44.2. The van der Waals surface area contributed by atoms with Crippen molar-refractivity contribution in [3.05, 3.63) is 0 Å². The van der Waals surface area contributed by atoms with Crippen LogP contribution in [0.15, 0.2) is 0 Å². The number of halogens is 1. The first-order valence-corrected chi connectivity index (χ1v) is 6.55. The minimum atomic E-state index is -0.823. The summed E-state index contributed by atoms with van der Waals surface area (Å²) in [5, 5.41) is 8.96. The van der Waals surface area contributed by atoms with Gasteiger partial charge < -0.3 is 23.2 Å². The molecule has 0 aromatic heterocycles. The second kappa shape index (κ2) is 4.43. The molecule has 0 amide bonds. The quantitative estimate of drug-likeness (QED) is 0.683. The van der Waals surface area contributed by atoms with E-state index in [2.05, 4.69) is 0 Å². The zero-order chi connectivity index (χ0) is 11.3. The molecule has 0 heterocycles. The van der Waals surface area contributed by atoms with E-state index in [4.69, 9.17) is 10.8 Å². The van der Waals surface area contributed by atoms with E-state index in [-0.39, 0.29) is 12.4 Å². The molecule has 98 valence electrons. The second-order valence-electron chi connectivity index (χ2n) is 6.57. The smallest absolute Gasteiger partial charge is 0.320 e. The fourth-order valence-electron chi connectivity index (χ4n) is 5.09. The molecule has 4 bridgehead atoms. The van der Waals surface area contributed by atoms with Gasteiger partial charge >= 0.3 is 5.97 Å². The van der Waals surface area contributed by atoms with Gasteiger partial charge in [-0.2, -0.15) is 0 Å². The van der Waals surface area contributed by atoms with Crippen LogP contribution in [0.3, 0.4) is 0 Å². The fraction of sp³-hybridized carbons (Fsp3) is 0.923. The molecule has 1 unspecified atom stereocenters. The van der Waals surface area contributed by atoms with Crippen LogP contribution in [0.2, 0.25) is 0 Å². The highest BCUT2D eigenvalue weighted by molar-refractivity contribution is 5.73. The van der Waals surface area contributed by atoms with Crippen molar-refractivity contribution in [2.75, 3.05) is 0 Å². The van der Waals surface area contributed by atoms with Gasteiger partial charge in [-0.25, -0.2) is 0 Å². The molecule has 4 aliphatic rings. The largest absolute Gasteiger partial charge is 1.00 e. The number of aliphatic carboxylic acids is 1. The zero-order valence-corrected chi connectivity index (χ0v) is 10.8. The van der Waals surface area contributed by atoms with Gasteiger partial charge in [0.25, 0.3) is 0 Å². The summed E-state index contributed by atoms with van der Waals surface area (Å²) < 4.78 is 0. The van der Waals surface area contributed by atoms with Crippen molar-refractivity contribution in [3.8, 4) is 0 Å². The molecule has 0 aromatic carbocycles. The molecule has 1 atom stereocenters. The molecule has 0 aliphatic heterocycles. The van der Waals surface area contributed by atoms with Gasteiger partial charge in [0.2, 0.25) is 0 Å². The van der Waals surface area contributed by atoms with E-state index in [0.29, 0.717) is 11.8 Å². The molecule has 4 aliphatic carbocycles. The molecular weight excluding hydrogens is 238 g/mol. The van der Waals surface area contributed by atoms with Gasteiger partial charge in [-0.3, -0.25) is 4.79 Å². The molecule has 0 aromatic rings. The average Bonchev–Trinajstić information content (AvgIpc) is 2.13. The molecule has 4 fully saturated rings. The predicted octanol–water partition coefficient (Wildman–Crippen LogP) is -0.991. The van der Waals surface area contributed by atoms with Crippen LogP contribution in [-0.2, 0) is 4.79 Å². The lowest BCUT2D eigenvalue weighted by molar-refractivity contribution is -0.141. The topological polar surface area (TPSA) is 63.3 Å². The summed E-state index contributed by atoms with van der Waals surface area (Å²) in [6.45, 7) is 0. The van der Waals surface area contributed by atoms with Gasteiger partial charge in [0.15, 0.2) is 0 Å². The Morgan fingerprint density at radius 1 is 1.18 bits per heavy atom. The van der Waals surface area contributed by atoms with Crippen molar-refractivity contribution in [3.63, 3.8) is 0 Å². The van der Waals surface area contributed by atoms with Crippen molar-refractivity contribution in [2.24, 2.45) is 28.9 Å². The number of carbonyl (C=O) groups is 1. The summed E-state index contributed by atoms with van der Waals surface area (Å²) in [7, 11) is 0. The number of nitrogens with two attached hydrogens (primary N) is 1. The first kappa shape index (κ1) is 13.2. The Morgan fingerprint density at radius 3 is 1.94 bits per heavy atom. The first-order valence-electron chi connectivity index (χ1n) is 6.55. The summed E-state index contributed by atoms with van der Waals surface area (Å²) in [5.74, 6) is 1.82. The minimum Gasteiger partial charge on any atom is -1.00 e. The van der Waals surface area contributed by atoms with E-state index in [9.17, 15) is 4.79 Å². The number of hydrogen-bond donors (Lipinski definition) is 2. The summed E-state index contributed by atoms with van der Waals surface area (Å²) in [4.78, 5) is 10.9. The molecule has 4 rings (SSSR count). The molecule has 4 heteroatoms. The highest BCUT2D eigenvalue weighted by atomic mass is 35.5. The standard InChI is InChI=1S/C13H21NO2.ClH/c14-11(12(15)16)7-13-4-8-1-9(5-13)3-10(2-8)6-13;/h8-11H,1-7,14H2,(H,15,16);1H/p-1. The molecule has 17 heavy (non-hydrogen) atoms. The van der Waals surface area contributed by atoms with Crippen molar-refractivity contribution in [1.29, 1.82) is 0 Å². The van der Waals surface area contributed by atoms with Gasteiger partial charge in [-0.15, -0.1) is 0 Å². The molecule has 3 nitrogen and oxygen atoms in total. The number of rotatable bonds is 3. The summed E-state index contributed by atoms with van der Waals surface area (Å²) in [6, 6.07) is -0.642. The highest BCUT2D eigenvalue weighted by Crippen LogP contribution is 2.61. The highest BCUT2D eigenvalue weighted by Gasteiger charge is 2.51. The number of carboxylic acid groups (broad SMARTS) is 1. The Bertz CT molecular complexity index is 283. The van der Waals surface area contributed by atoms with Crippen LogP contribution >= 0.6 is 0 Å². The van der Waals surface area contributed by atoms with Gasteiger partial charge in [0, 0.05) is 0 Å². The Hall–Kier alpha value is -0.280. The second-order valence-corrected chi connectivity index (χ2v) is 6.57. The summed E-state index contributed by atoms with van der Waals surface area (Å²) in [6.07, 6.45) is 8.68. The first-order chi connectivity index (χ1) is 7.56. The Balaban J connectivity index is 0.00000108. The predicted molar refractivity (Wildman–Crippen MR) is 60.8 cm³/mol. The van der Waals surface area contributed by atoms with Crippen molar-refractivity contribution in [2.45, 2.75) is 51.0 Å². The minimum absolute atomic E-state index is 0. The van der Waals surface area contributed by atoms with Gasteiger partial charge in [-0.1, -0.05) is 0 Å².